The monoisotopic (exact) mass is 594 g/mol. The summed E-state index contributed by atoms with van der Waals surface area (Å²) in [6, 6.07) is 14.5. The van der Waals surface area contributed by atoms with Crippen LogP contribution in [-0.2, 0) is 27.3 Å². The molecule has 2 saturated heterocycles. The van der Waals surface area contributed by atoms with Crippen molar-refractivity contribution in [3.05, 3.63) is 83.2 Å². The maximum absolute atomic E-state index is 13.4. The average Bonchev–Trinajstić information content (AvgIpc) is 3.57. The smallest absolute Gasteiger partial charge is 0.264 e. The summed E-state index contributed by atoms with van der Waals surface area (Å²) in [6.07, 6.45) is 8.34. The van der Waals surface area contributed by atoms with E-state index in [-0.39, 0.29) is 41.3 Å². The van der Waals surface area contributed by atoms with Gasteiger partial charge in [0.2, 0.25) is 17.7 Å². The number of hydrogen-bond acceptors (Lipinski definition) is 7. The van der Waals surface area contributed by atoms with Gasteiger partial charge in [0.25, 0.3) is 11.8 Å². The normalized spacial score (nSPS) is 21.3. The maximum atomic E-state index is 13.4. The number of likely N-dealkylation sites (tertiary alicyclic amines) is 1. The van der Waals surface area contributed by atoms with E-state index in [4.69, 9.17) is 0 Å². The maximum Gasteiger partial charge on any atom is 0.264 e. The van der Waals surface area contributed by atoms with Gasteiger partial charge in [-0.25, -0.2) is 0 Å². The van der Waals surface area contributed by atoms with Gasteiger partial charge in [0.05, 0.1) is 28.8 Å². The molecule has 1 unspecified atom stereocenters. The summed E-state index contributed by atoms with van der Waals surface area (Å²) < 4.78 is 1.96. The summed E-state index contributed by atoms with van der Waals surface area (Å²) in [7, 11) is 0. The Kier molecular flexibility index (Phi) is 7.02. The summed E-state index contributed by atoms with van der Waals surface area (Å²) in [4.78, 5) is 66.9. The molecule has 4 heterocycles. The number of imide groups is 2. The van der Waals surface area contributed by atoms with Gasteiger partial charge >= 0.3 is 0 Å². The Hall–Kier alpha value is -4.80. The molecule has 1 aliphatic carbocycles. The first-order valence-electron chi connectivity index (χ1n) is 15.3. The lowest BCUT2D eigenvalue weighted by Gasteiger charge is -2.34. The van der Waals surface area contributed by atoms with Crippen LogP contribution < -0.4 is 10.6 Å². The zero-order valence-electron chi connectivity index (χ0n) is 24.3. The van der Waals surface area contributed by atoms with Crippen molar-refractivity contribution in [2.24, 2.45) is 5.41 Å². The number of fused-ring (bicyclic) bond motifs is 1. The number of amides is 5. The van der Waals surface area contributed by atoms with Crippen LogP contribution in [0.3, 0.4) is 0 Å². The molecule has 0 bridgehead atoms. The molecule has 7 rings (SSSR count). The second kappa shape index (κ2) is 11.0. The molecule has 0 radical (unpaired) electrons. The van der Waals surface area contributed by atoms with E-state index in [2.05, 4.69) is 27.9 Å². The number of rotatable bonds is 8. The second-order valence-corrected chi connectivity index (χ2v) is 12.3. The lowest BCUT2D eigenvalue weighted by atomic mass is 9.93. The van der Waals surface area contributed by atoms with Gasteiger partial charge < -0.3 is 10.2 Å². The van der Waals surface area contributed by atoms with Crippen molar-refractivity contribution >= 4 is 35.2 Å². The fourth-order valence-corrected chi connectivity index (χ4v) is 6.80. The topological polar surface area (TPSA) is 134 Å². The number of anilines is 1. The average molecular weight is 595 g/mol. The Morgan fingerprint density at radius 1 is 0.932 bits per heavy atom. The first-order chi connectivity index (χ1) is 21.3. The van der Waals surface area contributed by atoms with E-state index in [1.165, 1.54) is 5.56 Å². The Morgan fingerprint density at radius 3 is 2.43 bits per heavy atom. The highest BCUT2D eigenvalue weighted by Crippen LogP contribution is 2.50. The molecule has 11 nitrogen and oxygen atoms in total. The van der Waals surface area contributed by atoms with Crippen LogP contribution in [0.4, 0.5) is 5.69 Å². The third-order valence-electron chi connectivity index (χ3n) is 9.42. The van der Waals surface area contributed by atoms with Gasteiger partial charge in [0.15, 0.2) is 0 Å². The number of piperidine rings is 2. The number of hydrogen-bond donors (Lipinski definition) is 2. The van der Waals surface area contributed by atoms with Crippen LogP contribution in [0.1, 0.15) is 76.4 Å². The molecule has 4 aliphatic rings. The van der Waals surface area contributed by atoms with Crippen LogP contribution in [0.2, 0.25) is 0 Å². The van der Waals surface area contributed by atoms with Gasteiger partial charge in [-0.2, -0.15) is 5.10 Å². The highest BCUT2D eigenvalue weighted by Gasteiger charge is 2.51. The summed E-state index contributed by atoms with van der Waals surface area (Å²) in [5, 5.41) is 10.1. The Bertz CT molecular complexity index is 1650. The lowest BCUT2D eigenvalue weighted by Crippen LogP contribution is -2.54. The number of nitrogens with zero attached hydrogens (tertiary/aromatic N) is 4. The molecule has 44 heavy (non-hydrogen) atoms. The predicted octanol–water partition coefficient (Wildman–Crippen LogP) is 3.08. The van der Waals surface area contributed by atoms with E-state index >= 15 is 0 Å². The van der Waals surface area contributed by atoms with Gasteiger partial charge in [-0.3, -0.25) is 38.9 Å². The molecule has 3 fully saturated rings. The molecule has 11 heteroatoms. The van der Waals surface area contributed by atoms with Crippen molar-refractivity contribution in [1.29, 1.82) is 0 Å². The standard InChI is InChI=1S/C33H34N6O5/c40-27-10-9-26(29(41)36-27)39-30(42)24-7-4-8-25(28(24)31(39)43)34-18-22-19-35-38(20-22)23-11-15-37(16-12-23)32(44)33(13-14-33)17-21-5-2-1-3-6-21/h1-8,19-20,23,26,34H,9-18H2,(H,36,40,41). The fraction of sp³-hybridized carbons (Fsp3) is 0.394. The van der Waals surface area contributed by atoms with Gasteiger partial charge in [-0.1, -0.05) is 36.4 Å². The van der Waals surface area contributed by atoms with Crippen molar-refractivity contribution in [3.63, 3.8) is 0 Å². The molecular formula is C33H34N6O5. The van der Waals surface area contributed by atoms with Crippen molar-refractivity contribution in [1.82, 2.24) is 24.9 Å². The Morgan fingerprint density at radius 2 is 1.70 bits per heavy atom. The SMILES string of the molecule is O=C1CCC(N2C(=O)c3cccc(NCc4cnn(C5CCN(C(=O)C6(Cc7ccccc7)CC6)CC5)c4)c3C2=O)C(=O)N1. The summed E-state index contributed by atoms with van der Waals surface area (Å²) in [5.41, 5.74) is 2.86. The fourth-order valence-electron chi connectivity index (χ4n) is 6.80. The minimum Gasteiger partial charge on any atom is -0.380 e. The summed E-state index contributed by atoms with van der Waals surface area (Å²) >= 11 is 0. The van der Waals surface area contributed by atoms with E-state index in [0.717, 1.165) is 42.6 Å². The quantitative estimate of drug-likeness (QED) is 0.383. The molecule has 3 aromatic rings. The van der Waals surface area contributed by atoms with Crippen molar-refractivity contribution in [3.8, 4) is 0 Å². The Labute approximate surface area is 254 Å². The second-order valence-electron chi connectivity index (χ2n) is 12.3. The zero-order chi connectivity index (χ0) is 30.4. The summed E-state index contributed by atoms with van der Waals surface area (Å²) in [6.45, 7) is 1.81. The third-order valence-corrected chi connectivity index (χ3v) is 9.42. The predicted molar refractivity (Wildman–Crippen MR) is 159 cm³/mol. The highest BCUT2D eigenvalue weighted by molar-refractivity contribution is 6.25. The molecule has 1 aromatic heterocycles. The van der Waals surface area contributed by atoms with Crippen LogP contribution in [0, 0.1) is 5.41 Å². The number of benzene rings is 2. The van der Waals surface area contributed by atoms with Crippen LogP contribution in [0.15, 0.2) is 60.9 Å². The number of aromatic nitrogens is 2. The van der Waals surface area contributed by atoms with E-state index in [1.54, 1.807) is 24.4 Å². The first-order valence-corrected chi connectivity index (χ1v) is 15.3. The Balaban J connectivity index is 0.961. The van der Waals surface area contributed by atoms with Crippen molar-refractivity contribution in [2.45, 2.75) is 63.6 Å². The van der Waals surface area contributed by atoms with Crippen molar-refractivity contribution in [2.75, 3.05) is 18.4 Å². The van der Waals surface area contributed by atoms with E-state index in [1.807, 2.05) is 34.0 Å². The van der Waals surface area contributed by atoms with Crippen LogP contribution in [0.5, 0.6) is 0 Å². The number of carbonyl (C=O) groups excluding carboxylic acids is 5. The number of carbonyl (C=O) groups is 5. The largest absolute Gasteiger partial charge is 0.380 e. The molecule has 2 N–H and O–H groups in total. The molecule has 3 aliphatic heterocycles. The molecule has 1 atom stereocenters. The van der Waals surface area contributed by atoms with E-state index in [0.29, 0.717) is 25.3 Å². The minimum absolute atomic E-state index is 0.0727. The molecule has 2 aromatic carbocycles. The first kappa shape index (κ1) is 28.0. The minimum atomic E-state index is -1.01. The van der Waals surface area contributed by atoms with Gasteiger partial charge in [0, 0.05) is 43.5 Å². The molecular weight excluding hydrogens is 560 g/mol. The number of nitrogens with one attached hydrogen (secondary N) is 2. The molecule has 5 amide bonds. The van der Waals surface area contributed by atoms with E-state index in [9.17, 15) is 24.0 Å². The molecule has 0 spiro atoms. The highest BCUT2D eigenvalue weighted by atomic mass is 16.2. The zero-order valence-corrected chi connectivity index (χ0v) is 24.3. The van der Waals surface area contributed by atoms with Gasteiger partial charge in [-0.15, -0.1) is 0 Å². The van der Waals surface area contributed by atoms with E-state index < -0.39 is 29.7 Å². The third kappa shape index (κ3) is 5.06. The van der Waals surface area contributed by atoms with Crippen molar-refractivity contribution < 1.29 is 24.0 Å². The van der Waals surface area contributed by atoms with Crippen LogP contribution in [-0.4, -0.2) is 68.2 Å². The van der Waals surface area contributed by atoms with Crippen LogP contribution >= 0.6 is 0 Å². The van der Waals surface area contributed by atoms with Gasteiger partial charge in [-0.05, 0) is 56.2 Å². The molecule has 226 valence electrons. The molecule has 1 saturated carbocycles. The van der Waals surface area contributed by atoms with Gasteiger partial charge in [0.1, 0.15) is 6.04 Å². The van der Waals surface area contributed by atoms with Crippen LogP contribution in [0.25, 0.3) is 0 Å². The lowest BCUT2D eigenvalue weighted by molar-refractivity contribution is -0.138. The summed E-state index contributed by atoms with van der Waals surface area (Å²) in [5.74, 6) is -1.84.